The Morgan fingerprint density at radius 2 is 1.93 bits per heavy atom. The van der Waals surface area contributed by atoms with Gasteiger partial charge in [-0.2, -0.15) is 4.99 Å². The van der Waals surface area contributed by atoms with Crippen LogP contribution in [0.25, 0.3) is 21.0 Å². The first kappa shape index (κ1) is 18.1. The number of thiazole rings is 1. The highest BCUT2D eigenvalue weighted by atomic mass is 79.9. The van der Waals surface area contributed by atoms with Gasteiger partial charge >= 0.3 is 0 Å². The number of nitrogens with zero attached hydrogens (tertiary/aromatic N) is 2. The van der Waals surface area contributed by atoms with Crippen LogP contribution >= 0.6 is 27.3 Å². The van der Waals surface area contributed by atoms with Crippen molar-refractivity contribution in [2.24, 2.45) is 4.99 Å². The first-order valence-electron chi connectivity index (χ1n) is 8.51. The van der Waals surface area contributed by atoms with Gasteiger partial charge in [0.25, 0.3) is 5.91 Å². The number of hydrogen-bond donors (Lipinski definition) is 0. The molecule has 0 bridgehead atoms. The summed E-state index contributed by atoms with van der Waals surface area (Å²) in [5.41, 5.74) is 1.64. The van der Waals surface area contributed by atoms with Gasteiger partial charge in [0.15, 0.2) is 4.80 Å². The van der Waals surface area contributed by atoms with Crippen LogP contribution in [0.2, 0.25) is 0 Å². The van der Waals surface area contributed by atoms with Crippen LogP contribution in [0, 0.1) is 0 Å². The fraction of sp³-hybridized carbons (Fsp3) is 0.143. The molecule has 3 aromatic carbocycles. The van der Waals surface area contributed by atoms with Gasteiger partial charge in [-0.25, -0.2) is 0 Å². The molecule has 0 aliphatic carbocycles. The lowest BCUT2D eigenvalue weighted by Crippen LogP contribution is -2.19. The fourth-order valence-electron chi connectivity index (χ4n) is 3.00. The van der Waals surface area contributed by atoms with E-state index in [2.05, 4.69) is 20.9 Å². The second kappa shape index (κ2) is 7.76. The van der Waals surface area contributed by atoms with Crippen LogP contribution < -0.4 is 4.80 Å². The SMILES string of the molecule is COCCn1c(=NC(=O)c2ccc3ccccc3c2)sc2cc(Br)ccc21. The predicted octanol–water partition coefficient (Wildman–Crippen LogP) is 5.01. The lowest BCUT2D eigenvalue weighted by atomic mass is 10.1. The van der Waals surface area contributed by atoms with Gasteiger partial charge in [0.1, 0.15) is 0 Å². The van der Waals surface area contributed by atoms with E-state index in [9.17, 15) is 4.79 Å². The maximum atomic E-state index is 12.8. The highest BCUT2D eigenvalue weighted by Gasteiger charge is 2.10. The van der Waals surface area contributed by atoms with E-state index >= 15 is 0 Å². The molecule has 0 aliphatic heterocycles. The number of ether oxygens (including phenoxy) is 1. The fourth-order valence-corrected chi connectivity index (χ4v) is 4.61. The number of benzene rings is 3. The molecule has 136 valence electrons. The van der Waals surface area contributed by atoms with E-state index in [-0.39, 0.29) is 5.91 Å². The number of carbonyl (C=O) groups is 1. The third kappa shape index (κ3) is 3.74. The van der Waals surface area contributed by atoms with Gasteiger partial charge in [0, 0.05) is 23.7 Å². The van der Waals surface area contributed by atoms with Crippen LogP contribution in [-0.4, -0.2) is 24.2 Å². The Labute approximate surface area is 168 Å². The Balaban J connectivity index is 1.81. The topological polar surface area (TPSA) is 43.6 Å². The molecule has 1 aromatic heterocycles. The van der Waals surface area contributed by atoms with Crippen LogP contribution in [0.3, 0.4) is 0 Å². The van der Waals surface area contributed by atoms with Crippen LogP contribution in [0.15, 0.2) is 70.1 Å². The summed E-state index contributed by atoms with van der Waals surface area (Å²) in [4.78, 5) is 17.9. The summed E-state index contributed by atoms with van der Waals surface area (Å²) < 4.78 is 9.34. The van der Waals surface area contributed by atoms with Gasteiger partial charge < -0.3 is 9.30 Å². The number of amides is 1. The summed E-state index contributed by atoms with van der Waals surface area (Å²) in [6, 6.07) is 19.7. The minimum absolute atomic E-state index is 0.238. The Morgan fingerprint density at radius 1 is 1.11 bits per heavy atom. The van der Waals surface area contributed by atoms with Crippen molar-refractivity contribution in [1.29, 1.82) is 0 Å². The van der Waals surface area contributed by atoms with E-state index in [0.29, 0.717) is 23.5 Å². The molecule has 4 nitrogen and oxygen atoms in total. The largest absolute Gasteiger partial charge is 0.383 e. The third-order valence-electron chi connectivity index (χ3n) is 4.36. The molecule has 0 unspecified atom stereocenters. The molecular formula is C21H17BrN2O2S. The molecule has 4 rings (SSSR count). The van der Waals surface area contributed by atoms with E-state index in [1.165, 1.54) is 11.3 Å². The molecule has 0 saturated heterocycles. The molecule has 0 aliphatic rings. The summed E-state index contributed by atoms with van der Waals surface area (Å²) in [6.45, 7) is 1.20. The molecule has 1 heterocycles. The predicted molar refractivity (Wildman–Crippen MR) is 113 cm³/mol. The van der Waals surface area contributed by atoms with Crippen LogP contribution in [0.4, 0.5) is 0 Å². The molecule has 0 saturated carbocycles. The van der Waals surface area contributed by atoms with E-state index in [0.717, 1.165) is 25.5 Å². The summed E-state index contributed by atoms with van der Waals surface area (Å²) in [5, 5.41) is 2.14. The number of rotatable bonds is 4. The van der Waals surface area contributed by atoms with Crippen molar-refractivity contribution in [2.75, 3.05) is 13.7 Å². The number of halogens is 1. The highest BCUT2D eigenvalue weighted by Crippen LogP contribution is 2.22. The van der Waals surface area contributed by atoms with Gasteiger partial charge in [-0.15, -0.1) is 0 Å². The van der Waals surface area contributed by atoms with E-state index < -0.39 is 0 Å². The van der Waals surface area contributed by atoms with Crippen LogP contribution in [0.5, 0.6) is 0 Å². The third-order valence-corrected chi connectivity index (χ3v) is 5.89. The monoisotopic (exact) mass is 440 g/mol. The summed E-state index contributed by atoms with van der Waals surface area (Å²) >= 11 is 5.01. The minimum Gasteiger partial charge on any atom is -0.383 e. The Hall–Kier alpha value is -2.28. The standard InChI is InChI=1S/C21H17BrN2O2S/c1-26-11-10-24-18-9-8-17(22)13-19(18)27-21(24)23-20(25)16-7-6-14-4-2-3-5-15(14)12-16/h2-9,12-13H,10-11H2,1H3. The van der Waals surface area contributed by atoms with Gasteiger partial charge in [-0.05, 0) is 41.1 Å². The summed E-state index contributed by atoms with van der Waals surface area (Å²) in [7, 11) is 1.67. The molecule has 1 amide bonds. The summed E-state index contributed by atoms with van der Waals surface area (Å²) in [5.74, 6) is -0.238. The highest BCUT2D eigenvalue weighted by molar-refractivity contribution is 9.10. The molecular weight excluding hydrogens is 424 g/mol. The van der Waals surface area contributed by atoms with Crippen molar-refractivity contribution in [3.05, 3.63) is 75.5 Å². The average Bonchev–Trinajstić information content (AvgIpc) is 3.01. The summed E-state index contributed by atoms with van der Waals surface area (Å²) in [6.07, 6.45) is 0. The van der Waals surface area contributed by atoms with Gasteiger partial charge in [-0.1, -0.05) is 57.6 Å². The number of methoxy groups -OCH3 is 1. The molecule has 4 aromatic rings. The minimum atomic E-state index is -0.238. The first-order chi connectivity index (χ1) is 13.2. The van der Waals surface area contributed by atoms with Crippen molar-refractivity contribution < 1.29 is 9.53 Å². The maximum absolute atomic E-state index is 12.8. The molecule has 27 heavy (non-hydrogen) atoms. The Morgan fingerprint density at radius 3 is 2.74 bits per heavy atom. The van der Waals surface area contributed by atoms with E-state index in [4.69, 9.17) is 4.74 Å². The Bertz CT molecular complexity index is 1210. The van der Waals surface area contributed by atoms with Gasteiger partial charge in [0.05, 0.1) is 16.8 Å². The van der Waals surface area contributed by atoms with Crippen LogP contribution in [0.1, 0.15) is 10.4 Å². The zero-order valence-electron chi connectivity index (χ0n) is 14.7. The second-order valence-electron chi connectivity index (χ2n) is 6.12. The number of hydrogen-bond acceptors (Lipinski definition) is 3. The van der Waals surface area contributed by atoms with Crippen LogP contribution in [-0.2, 0) is 11.3 Å². The molecule has 0 fully saturated rings. The van der Waals surface area contributed by atoms with Gasteiger partial charge in [-0.3, -0.25) is 4.79 Å². The lowest BCUT2D eigenvalue weighted by molar-refractivity contribution is 0.0997. The van der Waals surface area contributed by atoms with Crippen molar-refractivity contribution >= 4 is 54.2 Å². The normalized spacial score (nSPS) is 12.1. The maximum Gasteiger partial charge on any atom is 0.279 e. The van der Waals surface area contributed by atoms with Crippen molar-refractivity contribution in [3.63, 3.8) is 0 Å². The average molecular weight is 441 g/mol. The lowest BCUT2D eigenvalue weighted by Gasteiger charge is -2.04. The number of fused-ring (bicyclic) bond motifs is 2. The van der Waals surface area contributed by atoms with Crippen molar-refractivity contribution in [3.8, 4) is 0 Å². The zero-order valence-corrected chi connectivity index (χ0v) is 17.1. The molecule has 0 radical (unpaired) electrons. The van der Waals surface area contributed by atoms with E-state index in [1.54, 1.807) is 7.11 Å². The second-order valence-corrected chi connectivity index (χ2v) is 8.04. The molecule has 0 N–H and O–H groups in total. The van der Waals surface area contributed by atoms with Crippen molar-refractivity contribution in [2.45, 2.75) is 6.54 Å². The quantitative estimate of drug-likeness (QED) is 0.447. The molecule has 0 spiro atoms. The van der Waals surface area contributed by atoms with E-state index in [1.807, 2.05) is 65.2 Å². The number of carbonyl (C=O) groups excluding carboxylic acids is 1. The molecule has 6 heteroatoms. The Kier molecular flexibility index (Phi) is 5.20. The van der Waals surface area contributed by atoms with Gasteiger partial charge in [0.2, 0.25) is 0 Å². The van der Waals surface area contributed by atoms with Crippen molar-refractivity contribution in [1.82, 2.24) is 4.57 Å². The smallest absolute Gasteiger partial charge is 0.279 e. The zero-order chi connectivity index (χ0) is 18.8. The molecule has 0 atom stereocenters. The number of aromatic nitrogens is 1. The first-order valence-corrected chi connectivity index (χ1v) is 10.1.